The molecule has 0 N–H and O–H groups in total. The van der Waals surface area contributed by atoms with E-state index in [1.165, 1.54) is 16.1 Å². The molecule has 1 saturated heterocycles. The Balaban J connectivity index is 1.83. The molecule has 3 rings (SSSR count). The van der Waals surface area contributed by atoms with Crippen LogP contribution in [0.2, 0.25) is 0 Å². The number of piperidine rings is 1. The van der Waals surface area contributed by atoms with E-state index < -0.39 is 0 Å². The van der Waals surface area contributed by atoms with E-state index in [0.29, 0.717) is 5.92 Å². The molecule has 4 heteroatoms. The Morgan fingerprint density at radius 1 is 1.47 bits per heavy atom. The molecular weight excluding hydrogens is 254 g/mol. The summed E-state index contributed by atoms with van der Waals surface area (Å²) in [7, 11) is 0. The first-order valence-corrected chi connectivity index (χ1v) is 7.58. The Bertz CT molecular complexity index is 580. The van der Waals surface area contributed by atoms with Crippen molar-refractivity contribution in [2.45, 2.75) is 31.7 Å². The number of nitriles is 1. The number of benzene rings is 1. The van der Waals surface area contributed by atoms with Crippen molar-refractivity contribution in [1.29, 1.82) is 5.26 Å². The second kappa shape index (κ2) is 5.28. The van der Waals surface area contributed by atoms with Gasteiger partial charge in [-0.1, -0.05) is 12.1 Å². The van der Waals surface area contributed by atoms with E-state index in [9.17, 15) is 0 Å². The van der Waals surface area contributed by atoms with Crippen molar-refractivity contribution >= 4 is 21.6 Å². The minimum Gasteiger partial charge on any atom is -0.288 e. The highest BCUT2D eigenvalue weighted by Crippen LogP contribution is 2.33. The lowest BCUT2D eigenvalue weighted by molar-refractivity contribution is 0.186. The van der Waals surface area contributed by atoms with E-state index in [1.807, 2.05) is 13.0 Å². The largest absolute Gasteiger partial charge is 0.288 e. The summed E-state index contributed by atoms with van der Waals surface area (Å²) < 4.78 is 1.27. The van der Waals surface area contributed by atoms with Crippen LogP contribution in [-0.2, 0) is 0 Å². The fourth-order valence-electron chi connectivity index (χ4n) is 2.71. The van der Waals surface area contributed by atoms with Gasteiger partial charge in [0.25, 0.3) is 0 Å². The van der Waals surface area contributed by atoms with E-state index in [4.69, 9.17) is 10.2 Å². The van der Waals surface area contributed by atoms with Crippen LogP contribution >= 0.6 is 11.3 Å². The van der Waals surface area contributed by atoms with Crippen LogP contribution < -0.4 is 0 Å². The first kappa shape index (κ1) is 12.6. The smallest absolute Gasteiger partial charge is 0.0982 e. The van der Waals surface area contributed by atoms with Crippen LogP contribution in [0.3, 0.4) is 0 Å². The molecule has 2 atom stereocenters. The molecule has 3 nitrogen and oxygen atoms in total. The number of thiazole rings is 1. The predicted octanol–water partition coefficient (Wildman–Crippen LogP) is 3.39. The second-order valence-corrected chi connectivity index (χ2v) is 6.22. The van der Waals surface area contributed by atoms with Gasteiger partial charge in [0.15, 0.2) is 0 Å². The normalized spacial score (nSPS) is 22.2. The number of aromatic nitrogens is 1. The van der Waals surface area contributed by atoms with Gasteiger partial charge in [0.05, 0.1) is 27.3 Å². The molecule has 1 aromatic heterocycles. The molecule has 19 heavy (non-hydrogen) atoms. The van der Waals surface area contributed by atoms with Gasteiger partial charge in [0.1, 0.15) is 0 Å². The number of para-hydroxylation sites is 1. The lowest BCUT2D eigenvalue weighted by Gasteiger charge is -2.33. The average Bonchev–Trinajstić information content (AvgIpc) is 2.90. The van der Waals surface area contributed by atoms with E-state index in [-0.39, 0.29) is 6.04 Å². The van der Waals surface area contributed by atoms with Gasteiger partial charge in [0, 0.05) is 12.5 Å². The topological polar surface area (TPSA) is 39.9 Å². The van der Waals surface area contributed by atoms with Crippen molar-refractivity contribution in [1.82, 2.24) is 9.88 Å². The SMILES string of the molecule is C[C@H](C#N)N1CCC[C@H](c2nc3ccccc3s2)C1. The van der Waals surface area contributed by atoms with Gasteiger partial charge in [-0.25, -0.2) is 4.98 Å². The number of likely N-dealkylation sites (tertiary alicyclic amines) is 1. The van der Waals surface area contributed by atoms with Crippen LogP contribution in [0.25, 0.3) is 10.2 Å². The van der Waals surface area contributed by atoms with Crippen LogP contribution in [0.15, 0.2) is 24.3 Å². The summed E-state index contributed by atoms with van der Waals surface area (Å²) in [4.78, 5) is 7.04. The molecule has 1 aromatic carbocycles. The maximum absolute atomic E-state index is 9.05. The summed E-state index contributed by atoms with van der Waals surface area (Å²) >= 11 is 1.80. The van der Waals surface area contributed by atoms with Gasteiger partial charge in [0.2, 0.25) is 0 Å². The molecule has 0 bridgehead atoms. The summed E-state index contributed by atoms with van der Waals surface area (Å²) in [6.07, 6.45) is 2.35. The summed E-state index contributed by atoms with van der Waals surface area (Å²) in [6.45, 7) is 3.99. The minimum atomic E-state index is 0.0113. The Labute approximate surface area is 117 Å². The molecule has 2 aromatic rings. The van der Waals surface area contributed by atoms with Gasteiger partial charge < -0.3 is 0 Å². The van der Waals surface area contributed by atoms with Crippen molar-refractivity contribution in [2.75, 3.05) is 13.1 Å². The molecule has 1 aliphatic rings. The van der Waals surface area contributed by atoms with E-state index in [2.05, 4.69) is 29.2 Å². The van der Waals surface area contributed by atoms with E-state index in [0.717, 1.165) is 25.0 Å². The molecule has 1 aliphatic heterocycles. The van der Waals surface area contributed by atoms with Gasteiger partial charge in [-0.15, -0.1) is 11.3 Å². The maximum atomic E-state index is 9.05. The highest BCUT2D eigenvalue weighted by molar-refractivity contribution is 7.18. The summed E-state index contributed by atoms with van der Waals surface area (Å²) in [6, 6.07) is 10.7. The van der Waals surface area contributed by atoms with Crippen molar-refractivity contribution in [3.8, 4) is 6.07 Å². The monoisotopic (exact) mass is 271 g/mol. The number of fused-ring (bicyclic) bond motifs is 1. The molecule has 0 aliphatic carbocycles. The van der Waals surface area contributed by atoms with Crippen LogP contribution in [0.5, 0.6) is 0 Å². The van der Waals surface area contributed by atoms with Crippen molar-refractivity contribution < 1.29 is 0 Å². The Morgan fingerprint density at radius 3 is 3.11 bits per heavy atom. The summed E-state index contributed by atoms with van der Waals surface area (Å²) in [5.41, 5.74) is 1.10. The maximum Gasteiger partial charge on any atom is 0.0982 e. The highest BCUT2D eigenvalue weighted by Gasteiger charge is 2.26. The van der Waals surface area contributed by atoms with Crippen molar-refractivity contribution in [2.24, 2.45) is 0 Å². The van der Waals surface area contributed by atoms with Crippen LogP contribution in [0.4, 0.5) is 0 Å². The van der Waals surface area contributed by atoms with E-state index in [1.54, 1.807) is 11.3 Å². The molecular formula is C15H17N3S. The minimum absolute atomic E-state index is 0.0113. The molecule has 98 valence electrons. The third kappa shape index (κ3) is 2.49. The third-order valence-electron chi connectivity index (χ3n) is 3.85. The molecule has 0 unspecified atom stereocenters. The summed E-state index contributed by atoms with van der Waals surface area (Å²) in [5, 5.41) is 10.3. The first-order valence-electron chi connectivity index (χ1n) is 6.77. The predicted molar refractivity (Wildman–Crippen MR) is 78.2 cm³/mol. The molecule has 0 amide bonds. The highest BCUT2D eigenvalue weighted by atomic mass is 32.1. The average molecular weight is 271 g/mol. The number of rotatable bonds is 2. The van der Waals surface area contributed by atoms with Crippen molar-refractivity contribution in [3.05, 3.63) is 29.3 Å². The molecule has 1 fully saturated rings. The zero-order valence-corrected chi connectivity index (χ0v) is 11.9. The van der Waals surface area contributed by atoms with Gasteiger partial charge in [-0.3, -0.25) is 4.90 Å². The Morgan fingerprint density at radius 2 is 2.32 bits per heavy atom. The number of hydrogen-bond donors (Lipinski definition) is 0. The van der Waals surface area contributed by atoms with E-state index >= 15 is 0 Å². The second-order valence-electron chi connectivity index (χ2n) is 5.16. The zero-order valence-electron chi connectivity index (χ0n) is 11.0. The van der Waals surface area contributed by atoms with Gasteiger partial charge in [-0.2, -0.15) is 5.26 Å². The zero-order chi connectivity index (χ0) is 13.2. The first-order chi connectivity index (χ1) is 9.28. The molecule has 2 heterocycles. The lowest BCUT2D eigenvalue weighted by Crippen LogP contribution is -2.39. The molecule has 0 radical (unpaired) electrons. The lowest BCUT2D eigenvalue weighted by atomic mass is 9.97. The standard InChI is InChI=1S/C15H17N3S/c1-11(9-16)18-8-4-5-12(10-18)15-17-13-6-2-3-7-14(13)19-15/h2-3,6-7,11-12H,4-5,8,10H2,1H3/t11-,12+/m1/s1. The van der Waals surface area contributed by atoms with Crippen LogP contribution in [0, 0.1) is 11.3 Å². The Kier molecular flexibility index (Phi) is 3.50. The molecule has 0 saturated carbocycles. The number of nitrogens with zero attached hydrogens (tertiary/aromatic N) is 3. The van der Waals surface area contributed by atoms with Gasteiger partial charge >= 0.3 is 0 Å². The fraction of sp³-hybridized carbons (Fsp3) is 0.467. The van der Waals surface area contributed by atoms with Crippen LogP contribution in [0.1, 0.15) is 30.7 Å². The fourth-order valence-corrected chi connectivity index (χ4v) is 3.80. The van der Waals surface area contributed by atoms with Crippen LogP contribution in [-0.4, -0.2) is 29.0 Å². The summed E-state index contributed by atoms with van der Waals surface area (Å²) in [5.74, 6) is 0.488. The number of hydrogen-bond acceptors (Lipinski definition) is 4. The van der Waals surface area contributed by atoms with Crippen molar-refractivity contribution in [3.63, 3.8) is 0 Å². The quantitative estimate of drug-likeness (QED) is 0.840. The van der Waals surface area contributed by atoms with Gasteiger partial charge in [-0.05, 0) is 38.4 Å². The Hall–Kier alpha value is -1.44. The third-order valence-corrected chi connectivity index (χ3v) is 5.05. The molecule has 0 spiro atoms.